The topological polar surface area (TPSA) is 208 Å². The predicted octanol–water partition coefficient (Wildman–Crippen LogP) is 5.82. The minimum absolute atomic E-state index is 0.0130. The number of ketones is 3. The van der Waals surface area contributed by atoms with E-state index in [1.807, 2.05) is 58.1 Å². The van der Waals surface area contributed by atoms with Gasteiger partial charge < -0.3 is 38.4 Å². The number of aromatic nitrogens is 4. The number of esters is 1. The van der Waals surface area contributed by atoms with Crippen LogP contribution in [0.25, 0.3) is 0 Å². The Morgan fingerprint density at radius 3 is 2.38 bits per heavy atom. The number of piperidine rings is 1. The van der Waals surface area contributed by atoms with E-state index in [0.717, 1.165) is 18.4 Å². The van der Waals surface area contributed by atoms with E-state index in [0.29, 0.717) is 56.9 Å². The zero-order valence-electron chi connectivity index (χ0n) is 41.5. The monoisotopic (exact) mass is 950 g/mol. The predicted molar refractivity (Wildman–Crippen MR) is 249 cm³/mol. The van der Waals surface area contributed by atoms with Crippen LogP contribution in [0.2, 0.25) is 0 Å². The first-order valence-electron chi connectivity index (χ1n) is 24.7. The van der Waals surface area contributed by atoms with Gasteiger partial charge in [0.2, 0.25) is 5.79 Å². The van der Waals surface area contributed by atoms with Crippen molar-refractivity contribution in [1.29, 1.82) is 0 Å². The highest BCUT2D eigenvalue weighted by atomic mass is 16.6. The number of cyclic esters (lactones) is 1. The molecule has 3 saturated heterocycles. The smallest absolute Gasteiger partial charge is 0.329 e. The fourth-order valence-corrected chi connectivity index (χ4v) is 10.9. The lowest BCUT2D eigenvalue weighted by molar-refractivity contribution is -0.265. The Balaban J connectivity index is 1.30. The fourth-order valence-electron chi connectivity index (χ4n) is 10.9. The maximum Gasteiger partial charge on any atom is 0.329 e. The van der Waals surface area contributed by atoms with Gasteiger partial charge in [-0.1, -0.05) is 64.2 Å². The molecule has 0 radical (unpaired) electrons. The third kappa shape index (κ3) is 12.5. The summed E-state index contributed by atoms with van der Waals surface area (Å²) in [6.07, 6.45) is 14.3. The van der Waals surface area contributed by atoms with Crippen molar-refractivity contribution in [2.45, 2.75) is 179 Å². The SMILES string of the molecule is COC1CC(C[C@@H](C)[C@@H]2CC(=O)[C@H](C)/C=C(\C)[C@H]3OC(C[C@H](C)/C=C/C=C/C=C(\C)[C@@H](OC)C[C@@H]4CCC(C)C(O)(O4)C(=O)C(=O)N4CCCCC4C(=O)O2)C(=O)C3OC)CCC1n1ncnn1. The van der Waals surface area contributed by atoms with Gasteiger partial charge in [0.25, 0.3) is 11.7 Å². The second kappa shape index (κ2) is 24.0. The van der Waals surface area contributed by atoms with Crippen LogP contribution in [0, 0.1) is 29.6 Å². The van der Waals surface area contributed by atoms with Gasteiger partial charge in [-0.3, -0.25) is 19.2 Å². The van der Waals surface area contributed by atoms with Crippen LogP contribution in [-0.4, -0.2) is 142 Å². The van der Waals surface area contributed by atoms with E-state index >= 15 is 0 Å². The number of tetrazole rings is 1. The summed E-state index contributed by atoms with van der Waals surface area (Å²) in [4.78, 5) is 73.8. The van der Waals surface area contributed by atoms with Crippen LogP contribution >= 0.6 is 0 Å². The average molecular weight is 950 g/mol. The first kappa shape index (κ1) is 53.1. The molecule has 17 nitrogen and oxygen atoms in total. The van der Waals surface area contributed by atoms with Crippen LogP contribution in [0.5, 0.6) is 0 Å². The number of Topliss-reactive ketones (excluding diaryl/α,β-unsaturated/α-hetero) is 3. The van der Waals surface area contributed by atoms with Crippen molar-refractivity contribution in [1.82, 2.24) is 25.1 Å². The molecule has 0 aromatic carbocycles. The highest BCUT2D eigenvalue weighted by Gasteiger charge is 2.53. The molecule has 5 heterocycles. The van der Waals surface area contributed by atoms with Crippen LogP contribution < -0.4 is 0 Å². The van der Waals surface area contributed by atoms with Crippen LogP contribution in [0.1, 0.15) is 125 Å². The maximum atomic E-state index is 14.5. The molecule has 1 N–H and O–H groups in total. The van der Waals surface area contributed by atoms with Crippen molar-refractivity contribution in [2.24, 2.45) is 29.6 Å². The number of rotatable bonds is 7. The molecule has 1 aromatic rings. The number of hydrogen-bond donors (Lipinski definition) is 1. The molecular weight excluding hydrogens is 875 g/mol. The molecule has 0 spiro atoms. The zero-order valence-corrected chi connectivity index (χ0v) is 41.5. The van der Waals surface area contributed by atoms with Crippen molar-refractivity contribution in [3.8, 4) is 0 Å². The first-order valence-corrected chi connectivity index (χ1v) is 24.7. The summed E-state index contributed by atoms with van der Waals surface area (Å²) in [5.74, 6) is -7.10. The molecule has 5 aliphatic rings. The molecule has 4 aliphatic heterocycles. The van der Waals surface area contributed by atoms with Crippen LogP contribution in [0.3, 0.4) is 0 Å². The van der Waals surface area contributed by atoms with E-state index < -0.39 is 77.9 Å². The summed E-state index contributed by atoms with van der Waals surface area (Å²) in [5, 5.41) is 24.2. The van der Waals surface area contributed by atoms with Gasteiger partial charge in [0.1, 0.15) is 36.2 Å². The highest BCUT2D eigenvalue weighted by molar-refractivity contribution is 6.39. The zero-order chi connectivity index (χ0) is 49.3. The van der Waals surface area contributed by atoms with Crippen LogP contribution in [-0.2, 0) is 52.4 Å². The molecule has 1 saturated carbocycles. The van der Waals surface area contributed by atoms with Gasteiger partial charge in [-0.2, -0.15) is 4.80 Å². The summed E-state index contributed by atoms with van der Waals surface area (Å²) in [6.45, 7) is 11.3. The molecule has 4 bridgehead atoms. The Bertz CT molecular complexity index is 2040. The average Bonchev–Trinajstić information content (AvgIpc) is 3.98. The lowest BCUT2D eigenvalue weighted by Crippen LogP contribution is -2.61. The molecule has 376 valence electrons. The molecule has 1 aromatic heterocycles. The van der Waals surface area contributed by atoms with Crippen molar-refractivity contribution < 1.29 is 57.5 Å². The maximum absolute atomic E-state index is 14.5. The number of methoxy groups -OCH3 is 3. The molecule has 6 rings (SSSR count). The third-order valence-corrected chi connectivity index (χ3v) is 15.1. The number of hydrogen-bond acceptors (Lipinski definition) is 15. The van der Waals surface area contributed by atoms with Gasteiger partial charge in [0.05, 0.1) is 24.4 Å². The normalized spacial score (nSPS) is 39.6. The molecule has 68 heavy (non-hydrogen) atoms. The van der Waals surface area contributed by atoms with Gasteiger partial charge in [0, 0.05) is 52.6 Å². The van der Waals surface area contributed by atoms with E-state index in [1.165, 1.54) is 18.3 Å². The lowest BCUT2D eigenvalue weighted by Gasteiger charge is -2.42. The van der Waals surface area contributed by atoms with Crippen LogP contribution in [0.15, 0.2) is 53.9 Å². The summed E-state index contributed by atoms with van der Waals surface area (Å²) < 4.78 is 36.4. The standard InChI is InChI=1S/C51H75N5O12/c1-30-15-11-10-12-16-31(2)41(63-7)27-37-20-18-35(6)51(62,68-37)48(59)49(60)55-22-14-13-17-39(55)50(61)67-42(33(4)25-36-19-21-38(43(26-36)64-8)56-53-29-52-54-56)28-40(57)32(3)24-34(5)46-47(65-9)45(58)44(23-30)66-46/h10-12,15-16,24,29-30,32-33,35-39,41-44,46-47,62H,13-14,17-23,25-28H2,1-9H3/b12-10+,15-11+,31-16+,34-24+/t30-,32-,33-,35?,36?,37+,38?,39?,41+,42+,43?,44?,46-,47?,51?/m1/s1. The molecule has 17 heteroatoms. The summed E-state index contributed by atoms with van der Waals surface area (Å²) in [7, 11) is 4.73. The fraction of sp³-hybridized carbons (Fsp3) is 0.725. The molecule has 1 aliphatic carbocycles. The van der Waals surface area contributed by atoms with Crippen LogP contribution in [0.4, 0.5) is 0 Å². The Morgan fingerprint density at radius 1 is 0.897 bits per heavy atom. The molecule has 8 unspecified atom stereocenters. The lowest BCUT2D eigenvalue weighted by atomic mass is 9.77. The van der Waals surface area contributed by atoms with E-state index in [-0.39, 0.29) is 60.9 Å². The largest absolute Gasteiger partial charge is 0.460 e. The van der Waals surface area contributed by atoms with Crippen molar-refractivity contribution in [3.05, 3.63) is 53.9 Å². The van der Waals surface area contributed by atoms with E-state index in [1.54, 1.807) is 38.9 Å². The van der Waals surface area contributed by atoms with E-state index in [4.69, 9.17) is 28.4 Å². The quantitative estimate of drug-likeness (QED) is 0.194. The second-order valence-electron chi connectivity index (χ2n) is 20.0. The second-order valence-corrected chi connectivity index (χ2v) is 20.0. The Kier molecular flexibility index (Phi) is 18.8. The Labute approximate surface area is 401 Å². The van der Waals surface area contributed by atoms with Gasteiger partial charge in [-0.15, -0.1) is 10.2 Å². The summed E-state index contributed by atoms with van der Waals surface area (Å²) >= 11 is 0. The van der Waals surface area contributed by atoms with Gasteiger partial charge in [-0.25, -0.2) is 4.79 Å². The number of carbonyl (C=O) groups is 5. The number of fused-ring (bicyclic) bond motifs is 5. The number of ether oxygens (including phenoxy) is 6. The minimum atomic E-state index is -2.42. The Hall–Kier alpha value is -4.26. The number of aliphatic hydroxyl groups is 1. The molecule has 1 amide bonds. The number of carbonyl (C=O) groups excluding carboxylic acids is 5. The van der Waals surface area contributed by atoms with E-state index in [9.17, 15) is 29.1 Å². The van der Waals surface area contributed by atoms with E-state index in [2.05, 4.69) is 15.4 Å². The number of allylic oxidation sites excluding steroid dienone is 6. The highest BCUT2D eigenvalue weighted by Crippen LogP contribution is 2.39. The molecule has 15 atom stereocenters. The van der Waals surface area contributed by atoms with Crippen molar-refractivity contribution in [3.63, 3.8) is 0 Å². The number of nitrogens with zero attached hydrogens (tertiary/aromatic N) is 5. The summed E-state index contributed by atoms with van der Waals surface area (Å²) in [5.41, 5.74) is 1.57. The van der Waals surface area contributed by atoms with Gasteiger partial charge in [0.15, 0.2) is 12.1 Å². The first-order chi connectivity index (χ1) is 32.5. The van der Waals surface area contributed by atoms with Gasteiger partial charge in [-0.05, 0) is 112 Å². The minimum Gasteiger partial charge on any atom is -0.460 e. The molecular formula is C51H75N5O12. The molecule has 4 fully saturated rings. The van der Waals surface area contributed by atoms with Crippen molar-refractivity contribution >= 4 is 29.2 Å². The third-order valence-electron chi connectivity index (χ3n) is 15.1. The number of amides is 1. The van der Waals surface area contributed by atoms with Crippen molar-refractivity contribution in [2.75, 3.05) is 27.9 Å². The summed E-state index contributed by atoms with van der Waals surface area (Å²) in [6, 6.07) is -1.21. The Morgan fingerprint density at radius 2 is 1.68 bits per heavy atom. The van der Waals surface area contributed by atoms with Gasteiger partial charge >= 0.3 is 5.97 Å².